The van der Waals surface area contributed by atoms with Gasteiger partial charge < -0.3 is 14.7 Å². The lowest BCUT2D eigenvalue weighted by atomic mass is 9.97. The fourth-order valence-electron chi connectivity index (χ4n) is 3.58. The number of piperidine rings is 1. The molecule has 0 saturated carbocycles. The zero-order valence-corrected chi connectivity index (χ0v) is 16.3. The summed E-state index contributed by atoms with van der Waals surface area (Å²) in [4.78, 5) is 28.7. The first kappa shape index (κ1) is 19.4. The minimum atomic E-state index is -0.281. The normalized spacial score (nSPS) is 20.9. The summed E-state index contributed by atoms with van der Waals surface area (Å²) < 4.78 is 5.71. The van der Waals surface area contributed by atoms with Crippen LogP contribution >= 0.6 is 0 Å². The van der Waals surface area contributed by atoms with E-state index in [0.717, 1.165) is 30.7 Å². The van der Waals surface area contributed by atoms with Crippen LogP contribution in [0.3, 0.4) is 0 Å². The minimum absolute atomic E-state index is 0.0962. The molecule has 1 unspecified atom stereocenters. The molecule has 2 aliphatic rings. The molecule has 2 heterocycles. The van der Waals surface area contributed by atoms with Gasteiger partial charge in [-0.1, -0.05) is 26.0 Å². The number of benzene rings is 1. The van der Waals surface area contributed by atoms with E-state index < -0.39 is 0 Å². The standard InChI is InChI=1S/C21H28N2O4/c1-14(2)13-27-17-8-6-16(7-9-17)18-19(21(26)22(3)20(18)25)23-10-4-5-15(11-23)12-24/h6-9,14-15,24H,4-5,10-13H2,1-3H3. The lowest BCUT2D eigenvalue weighted by molar-refractivity contribution is -0.136. The Labute approximate surface area is 160 Å². The Morgan fingerprint density at radius 2 is 1.89 bits per heavy atom. The molecule has 0 aromatic heterocycles. The predicted molar refractivity (Wildman–Crippen MR) is 103 cm³/mol. The highest BCUT2D eigenvalue weighted by Gasteiger charge is 2.40. The second-order valence-corrected chi connectivity index (χ2v) is 7.76. The number of rotatable bonds is 6. The van der Waals surface area contributed by atoms with Crippen molar-refractivity contribution in [2.45, 2.75) is 26.7 Å². The Balaban J connectivity index is 1.92. The second kappa shape index (κ2) is 8.13. The molecule has 27 heavy (non-hydrogen) atoms. The number of amides is 2. The number of aliphatic hydroxyl groups is 1. The molecule has 1 aromatic carbocycles. The SMILES string of the molecule is CC(C)COc1ccc(C2=C(N3CCCC(CO)C3)C(=O)N(C)C2=O)cc1. The predicted octanol–water partition coefficient (Wildman–Crippen LogP) is 2.14. The molecule has 6 nitrogen and oxygen atoms in total. The van der Waals surface area contributed by atoms with Crippen LogP contribution in [0.4, 0.5) is 0 Å². The molecule has 0 radical (unpaired) electrons. The number of hydrogen-bond acceptors (Lipinski definition) is 5. The van der Waals surface area contributed by atoms with Crippen LogP contribution in [-0.4, -0.2) is 60.1 Å². The van der Waals surface area contributed by atoms with Crippen LogP contribution in [0.2, 0.25) is 0 Å². The Hall–Kier alpha value is -2.34. The first-order chi connectivity index (χ1) is 12.9. The Morgan fingerprint density at radius 3 is 2.52 bits per heavy atom. The molecule has 146 valence electrons. The van der Waals surface area contributed by atoms with E-state index in [4.69, 9.17) is 4.74 Å². The van der Waals surface area contributed by atoms with Crippen LogP contribution < -0.4 is 4.74 Å². The van der Waals surface area contributed by atoms with E-state index in [0.29, 0.717) is 30.3 Å². The number of hydrogen-bond donors (Lipinski definition) is 1. The quantitative estimate of drug-likeness (QED) is 0.775. The number of nitrogens with zero attached hydrogens (tertiary/aromatic N) is 2. The molecule has 1 saturated heterocycles. The van der Waals surface area contributed by atoms with Gasteiger partial charge in [0, 0.05) is 26.7 Å². The summed E-state index contributed by atoms with van der Waals surface area (Å²) in [6, 6.07) is 7.35. The van der Waals surface area contributed by atoms with Gasteiger partial charge >= 0.3 is 0 Å². The molecule has 1 aromatic rings. The van der Waals surface area contributed by atoms with Crippen molar-refractivity contribution in [1.29, 1.82) is 0 Å². The van der Waals surface area contributed by atoms with Crippen molar-refractivity contribution in [2.24, 2.45) is 11.8 Å². The number of imide groups is 1. The van der Waals surface area contributed by atoms with E-state index in [1.54, 1.807) is 0 Å². The smallest absolute Gasteiger partial charge is 0.277 e. The Kier molecular flexibility index (Phi) is 5.85. The van der Waals surface area contributed by atoms with Crippen molar-refractivity contribution in [1.82, 2.24) is 9.80 Å². The average molecular weight is 372 g/mol. The molecule has 1 atom stereocenters. The molecule has 1 fully saturated rings. The van der Waals surface area contributed by atoms with Crippen LogP contribution in [0.5, 0.6) is 5.75 Å². The fraction of sp³-hybridized carbons (Fsp3) is 0.524. The Morgan fingerprint density at radius 1 is 1.19 bits per heavy atom. The summed E-state index contributed by atoms with van der Waals surface area (Å²) in [7, 11) is 1.52. The monoisotopic (exact) mass is 372 g/mol. The number of aliphatic hydroxyl groups excluding tert-OH is 1. The van der Waals surface area contributed by atoms with Gasteiger partial charge in [-0.05, 0) is 42.4 Å². The van der Waals surface area contributed by atoms with Crippen molar-refractivity contribution in [3.05, 3.63) is 35.5 Å². The zero-order chi connectivity index (χ0) is 19.6. The molecule has 0 bridgehead atoms. The van der Waals surface area contributed by atoms with Crippen LogP contribution in [-0.2, 0) is 9.59 Å². The molecule has 6 heteroatoms. The summed E-state index contributed by atoms with van der Waals surface area (Å²) in [5.74, 6) is 0.761. The van der Waals surface area contributed by atoms with E-state index in [1.165, 1.54) is 11.9 Å². The van der Waals surface area contributed by atoms with E-state index in [2.05, 4.69) is 13.8 Å². The third-order valence-corrected chi connectivity index (χ3v) is 5.08. The van der Waals surface area contributed by atoms with Gasteiger partial charge in [-0.3, -0.25) is 14.5 Å². The van der Waals surface area contributed by atoms with E-state index in [1.807, 2.05) is 29.2 Å². The summed E-state index contributed by atoms with van der Waals surface area (Å²) in [5.41, 5.74) is 1.61. The highest BCUT2D eigenvalue weighted by Crippen LogP contribution is 2.33. The maximum Gasteiger partial charge on any atom is 0.277 e. The van der Waals surface area contributed by atoms with Crippen LogP contribution in [0.15, 0.2) is 30.0 Å². The number of ether oxygens (including phenoxy) is 1. The van der Waals surface area contributed by atoms with Crippen molar-refractivity contribution >= 4 is 17.4 Å². The van der Waals surface area contributed by atoms with Gasteiger partial charge in [-0.25, -0.2) is 0 Å². The van der Waals surface area contributed by atoms with Gasteiger partial charge in [-0.2, -0.15) is 0 Å². The lowest BCUT2D eigenvalue weighted by Crippen LogP contribution is -2.39. The van der Waals surface area contributed by atoms with Crippen LogP contribution in [0, 0.1) is 11.8 Å². The largest absolute Gasteiger partial charge is 0.493 e. The fourth-order valence-corrected chi connectivity index (χ4v) is 3.58. The third-order valence-electron chi connectivity index (χ3n) is 5.08. The highest BCUT2D eigenvalue weighted by atomic mass is 16.5. The number of likely N-dealkylation sites (tertiary alicyclic amines) is 1. The molecule has 1 N–H and O–H groups in total. The van der Waals surface area contributed by atoms with Crippen molar-refractivity contribution < 1.29 is 19.4 Å². The molecular weight excluding hydrogens is 344 g/mol. The van der Waals surface area contributed by atoms with Gasteiger partial charge in [0.25, 0.3) is 11.8 Å². The molecular formula is C21H28N2O4. The first-order valence-corrected chi connectivity index (χ1v) is 9.58. The van der Waals surface area contributed by atoms with Crippen molar-refractivity contribution in [3.8, 4) is 5.75 Å². The van der Waals surface area contributed by atoms with Gasteiger partial charge in [0.05, 0.1) is 12.2 Å². The molecule has 2 aliphatic heterocycles. The third kappa shape index (κ3) is 4.00. The topological polar surface area (TPSA) is 70.1 Å². The van der Waals surface area contributed by atoms with Crippen LogP contribution in [0.1, 0.15) is 32.3 Å². The summed E-state index contributed by atoms with van der Waals surface area (Å²) >= 11 is 0. The first-order valence-electron chi connectivity index (χ1n) is 9.58. The number of carbonyl (C=O) groups excluding carboxylic acids is 2. The number of likely N-dealkylation sites (N-methyl/N-ethyl adjacent to an activating group) is 1. The van der Waals surface area contributed by atoms with Gasteiger partial charge in [0.2, 0.25) is 0 Å². The number of carbonyl (C=O) groups is 2. The molecule has 0 aliphatic carbocycles. The summed E-state index contributed by atoms with van der Waals surface area (Å²) in [5, 5.41) is 9.51. The molecule has 3 rings (SSSR count). The van der Waals surface area contributed by atoms with Crippen molar-refractivity contribution in [3.63, 3.8) is 0 Å². The van der Waals surface area contributed by atoms with Gasteiger partial charge in [0.1, 0.15) is 11.4 Å². The lowest BCUT2D eigenvalue weighted by Gasteiger charge is -2.34. The van der Waals surface area contributed by atoms with E-state index in [-0.39, 0.29) is 24.3 Å². The summed E-state index contributed by atoms with van der Waals surface area (Å²) in [6.07, 6.45) is 1.84. The van der Waals surface area contributed by atoms with Crippen LogP contribution in [0.25, 0.3) is 5.57 Å². The summed E-state index contributed by atoms with van der Waals surface area (Å²) in [6.45, 7) is 6.21. The van der Waals surface area contributed by atoms with Gasteiger partial charge in [0.15, 0.2) is 0 Å². The molecule has 2 amide bonds. The van der Waals surface area contributed by atoms with Gasteiger partial charge in [-0.15, -0.1) is 0 Å². The zero-order valence-electron chi connectivity index (χ0n) is 16.3. The maximum absolute atomic E-state index is 12.8. The minimum Gasteiger partial charge on any atom is -0.493 e. The van der Waals surface area contributed by atoms with E-state index in [9.17, 15) is 14.7 Å². The van der Waals surface area contributed by atoms with E-state index >= 15 is 0 Å². The second-order valence-electron chi connectivity index (χ2n) is 7.76. The maximum atomic E-state index is 12.8. The highest BCUT2D eigenvalue weighted by molar-refractivity contribution is 6.35. The average Bonchev–Trinajstić information content (AvgIpc) is 2.91. The Bertz CT molecular complexity index is 739. The molecule has 0 spiro atoms. The van der Waals surface area contributed by atoms with Crippen molar-refractivity contribution in [2.75, 3.05) is 33.4 Å².